The molecule has 0 aromatic heterocycles. The molecule has 16 heteroatoms. The number of rotatable bonds is 6. The highest BCUT2D eigenvalue weighted by Crippen LogP contribution is 2.41. The van der Waals surface area contributed by atoms with Crippen molar-refractivity contribution in [3.63, 3.8) is 0 Å². The Balaban J connectivity index is 0.000000616. The van der Waals surface area contributed by atoms with Gasteiger partial charge in [0.2, 0.25) is 0 Å². The molecule has 4 rings (SSSR count). The molecule has 0 bridgehead atoms. The van der Waals surface area contributed by atoms with Crippen molar-refractivity contribution < 1.29 is 68.9 Å². The van der Waals surface area contributed by atoms with Gasteiger partial charge in [0.1, 0.15) is 0 Å². The van der Waals surface area contributed by atoms with Crippen LogP contribution in [0.4, 0.5) is 0 Å². The molecule has 4 aliphatic heterocycles. The third kappa shape index (κ3) is 20.0. The van der Waals surface area contributed by atoms with Crippen molar-refractivity contribution in [1.29, 1.82) is 0 Å². The van der Waals surface area contributed by atoms with Gasteiger partial charge in [-0.05, 0) is 77.6 Å². The molecule has 4 heterocycles. The van der Waals surface area contributed by atoms with Gasteiger partial charge < -0.3 is 49.9 Å². The Kier molecular flexibility index (Phi) is 20.1. The Hall–Kier alpha value is -4.64. The summed E-state index contributed by atoms with van der Waals surface area (Å²) in [6.07, 6.45) is 10.8. The smallest absolute Gasteiger partial charge is 0.328 e. The van der Waals surface area contributed by atoms with Crippen LogP contribution in [-0.4, -0.2) is 140 Å². The molecule has 4 fully saturated rings. The second-order valence-electron chi connectivity index (χ2n) is 12.2. The van der Waals surface area contributed by atoms with Crippen LogP contribution in [-0.2, 0) is 38.2 Å². The Bertz CT molecular complexity index is 1130. The normalized spacial score (nSPS) is 22.4. The second kappa shape index (κ2) is 22.2. The van der Waals surface area contributed by atoms with Gasteiger partial charge in [0, 0.05) is 62.6 Å². The summed E-state index contributed by atoms with van der Waals surface area (Å²) in [7, 11) is 4.36. The summed E-state index contributed by atoms with van der Waals surface area (Å²) in [5.74, 6) is -7.54. The van der Waals surface area contributed by atoms with E-state index in [9.17, 15) is 28.8 Å². The maximum Gasteiger partial charge on any atom is 0.328 e. The quantitative estimate of drug-likeness (QED) is 0.171. The molecule has 0 aromatic carbocycles. The number of carboxylic acid groups (broad SMARTS) is 6. The molecular formula is C34H50N2O14. The number of carboxylic acids is 6. The van der Waals surface area contributed by atoms with E-state index in [1.807, 2.05) is 0 Å². The van der Waals surface area contributed by atoms with Gasteiger partial charge in [-0.3, -0.25) is 0 Å². The van der Waals surface area contributed by atoms with E-state index >= 15 is 0 Å². The molecule has 4 saturated heterocycles. The Morgan fingerprint density at radius 1 is 0.540 bits per heavy atom. The van der Waals surface area contributed by atoms with E-state index in [1.165, 1.54) is 63.0 Å². The Labute approximate surface area is 291 Å². The minimum atomic E-state index is -1.26. The first-order valence-electron chi connectivity index (χ1n) is 15.6. The summed E-state index contributed by atoms with van der Waals surface area (Å²) in [5, 5.41) is 46.9. The van der Waals surface area contributed by atoms with Gasteiger partial charge in [0.25, 0.3) is 0 Å². The lowest BCUT2D eigenvalue weighted by Gasteiger charge is -2.37. The maximum absolute atomic E-state index is 9.55. The van der Waals surface area contributed by atoms with Crippen LogP contribution >= 0.6 is 0 Å². The minimum Gasteiger partial charge on any atom is -0.478 e. The van der Waals surface area contributed by atoms with Gasteiger partial charge in [0.15, 0.2) is 0 Å². The van der Waals surface area contributed by atoms with Gasteiger partial charge in [-0.2, -0.15) is 0 Å². The molecule has 0 saturated carbocycles. The van der Waals surface area contributed by atoms with Crippen LogP contribution in [0.2, 0.25) is 0 Å². The molecule has 2 atom stereocenters. The number of ether oxygens (including phenoxy) is 2. The number of hydrogen-bond acceptors (Lipinski definition) is 10. The van der Waals surface area contributed by atoms with Crippen molar-refractivity contribution in [2.45, 2.75) is 75.8 Å². The average Bonchev–Trinajstić information content (AvgIpc) is 3.46. The molecule has 280 valence electrons. The van der Waals surface area contributed by atoms with Crippen molar-refractivity contribution in [3.8, 4) is 0 Å². The highest BCUT2D eigenvalue weighted by molar-refractivity contribution is 5.90. The number of likely N-dealkylation sites (tertiary alicyclic amines) is 2. The first kappa shape index (κ1) is 45.4. The average molecular weight is 711 g/mol. The monoisotopic (exact) mass is 710 g/mol. The largest absolute Gasteiger partial charge is 0.478 e. The molecule has 0 unspecified atom stereocenters. The van der Waals surface area contributed by atoms with Gasteiger partial charge >= 0.3 is 35.8 Å². The molecule has 2 spiro atoms. The van der Waals surface area contributed by atoms with E-state index in [0.717, 1.165) is 12.8 Å². The standard InChI is InChI=1S/2C11H19NO.3C4H4O4/c2*1-9-8-11(13-10(9)2)4-6-12(3)7-5-11;3*5-3(6)1-2-4(7)8/h2*10H,1,4-8H2,2-3H3;3*1-2H,(H,5,6)(H,7,8)/b;;3*2-1+/t2*10-;;;/m00.../s1. The molecule has 4 aliphatic rings. The number of piperidine rings is 2. The van der Waals surface area contributed by atoms with Gasteiger partial charge in [-0.1, -0.05) is 13.2 Å². The van der Waals surface area contributed by atoms with Crippen LogP contribution in [0.5, 0.6) is 0 Å². The third-order valence-electron chi connectivity index (χ3n) is 8.00. The van der Waals surface area contributed by atoms with Crippen LogP contribution in [0.1, 0.15) is 52.4 Å². The van der Waals surface area contributed by atoms with Gasteiger partial charge in [-0.15, -0.1) is 0 Å². The third-order valence-corrected chi connectivity index (χ3v) is 8.00. The lowest BCUT2D eigenvalue weighted by molar-refractivity contribution is -0.134. The van der Waals surface area contributed by atoms with E-state index in [1.54, 1.807) is 0 Å². The lowest BCUT2D eigenvalue weighted by atomic mass is 9.87. The van der Waals surface area contributed by atoms with Crippen molar-refractivity contribution in [2.75, 3.05) is 40.3 Å². The predicted molar refractivity (Wildman–Crippen MR) is 181 cm³/mol. The zero-order valence-electron chi connectivity index (χ0n) is 28.9. The van der Waals surface area contributed by atoms with E-state index in [0.29, 0.717) is 36.5 Å². The summed E-state index contributed by atoms with van der Waals surface area (Å²) >= 11 is 0. The summed E-state index contributed by atoms with van der Waals surface area (Å²) in [6, 6.07) is 0. The summed E-state index contributed by atoms with van der Waals surface area (Å²) in [6.45, 7) is 17.0. The van der Waals surface area contributed by atoms with E-state index in [4.69, 9.17) is 40.1 Å². The van der Waals surface area contributed by atoms with Gasteiger partial charge in [0.05, 0.1) is 23.4 Å². The zero-order valence-corrected chi connectivity index (χ0v) is 28.9. The summed E-state index contributed by atoms with van der Waals surface area (Å²) in [4.78, 5) is 62.1. The second-order valence-corrected chi connectivity index (χ2v) is 12.2. The maximum atomic E-state index is 9.55. The zero-order chi connectivity index (χ0) is 38.7. The molecular weight excluding hydrogens is 660 g/mol. The highest BCUT2D eigenvalue weighted by atomic mass is 16.5. The molecule has 50 heavy (non-hydrogen) atoms. The summed E-state index contributed by atoms with van der Waals surface area (Å²) in [5.41, 5.74) is 2.88. The highest BCUT2D eigenvalue weighted by Gasteiger charge is 2.43. The lowest BCUT2D eigenvalue weighted by Crippen LogP contribution is -2.42. The van der Waals surface area contributed by atoms with Crippen LogP contribution in [0.25, 0.3) is 0 Å². The van der Waals surface area contributed by atoms with Crippen molar-refractivity contribution >= 4 is 35.8 Å². The number of nitrogens with zero attached hydrogens (tertiary/aromatic N) is 2. The fourth-order valence-electron chi connectivity index (χ4n) is 5.18. The summed E-state index contributed by atoms with van der Waals surface area (Å²) < 4.78 is 12.0. The molecule has 0 amide bonds. The number of hydrogen-bond donors (Lipinski definition) is 6. The van der Waals surface area contributed by atoms with Crippen LogP contribution in [0.15, 0.2) is 60.8 Å². The van der Waals surface area contributed by atoms with Crippen LogP contribution < -0.4 is 0 Å². The fraction of sp³-hybridized carbons (Fsp3) is 0.529. The molecule has 16 nitrogen and oxygen atoms in total. The molecule has 0 radical (unpaired) electrons. The SMILES string of the molecule is C=C1CC2(CCN(C)CC2)O[C@H]1C.C=C1CC2(CCN(C)CC2)O[C@H]1C.O=C(O)/C=C/C(=O)O.O=C(O)/C=C/C(=O)O.O=C(O)/C=C/C(=O)O. The first-order chi connectivity index (χ1) is 23.1. The first-order valence-corrected chi connectivity index (χ1v) is 15.6. The van der Waals surface area contributed by atoms with E-state index in [2.05, 4.69) is 50.9 Å². The fourth-order valence-corrected chi connectivity index (χ4v) is 5.18. The predicted octanol–water partition coefficient (Wildman–Crippen LogP) is 2.77. The topological polar surface area (TPSA) is 249 Å². The van der Waals surface area contributed by atoms with E-state index < -0.39 is 35.8 Å². The van der Waals surface area contributed by atoms with Crippen LogP contribution in [0, 0.1) is 0 Å². The van der Waals surface area contributed by atoms with Crippen molar-refractivity contribution in [2.24, 2.45) is 0 Å². The molecule has 6 N–H and O–H groups in total. The van der Waals surface area contributed by atoms with Crippen LogP contribution in [0.3, 0.4) is 0 Å². The Morgan fingerprint density at radius 3 is 0.880 bits per heavy atom. The number of aliphatic carboxylic acids is 6. The van der Waals surface area contributed by atoms with Crippen molar-refractivity contribution in [3.05, 3.63) is 60.8 Å². The number of carbonyl (C=O) groups is 6. The molecule has 0 aromatic rings. The minimum absolute atomic E-state index is 0.156. The molecule has 0 aliphatic carbocycles. The van der Waals surface area contributed by atoms with Crippen molar-refractivity contribution in [1.82, 2.24) is 9.80 Å². The van der Waals surface area contributed by atoms with E-state index in [-0.39, 0.29) is 23.4 Å². The van der Waals surface area contributed by atoms with Gasteiger partial charge in [-0.25, -0.2) is 28.8 Å². The Morgan fingerprint density at radius 2 is 0.740 bits per heavy atom.